The molecule has 1 rings (SSSR count). The monoisotopic (exact) mass is 169 g/mol. The van der Waals surface area contributed by atoms with Crippen molar-refractivity contribution in [2.75, 3.05) is 6.54 Å². The van der Waals surface area contributed by atoms with Gasteiger partial charge < -0.3 is 14.9 Å². The van der Waals surface area contributed by atoms with Gasteiger partial charge in [-0.2, -0.15) is 0 Å². The second kappa shape index (κ2) is 3.74. The lowest BCUT2D eigenvalue weighted by Gasteiger charge is -2.22. The number of ether oxygens (including phenoxy) is 1. The Kier molecular flexibility index (Phi) is 2.89. The summed E-state index contributed by atoms with van der Waals surface area (Å²) >= 11 is 0. The second-order valence-corrected chi connectivity index (χ2v) is 3.33. The van der Waals surface area contributed by atoms with Gasteiger partial charge in [0.05, 0.1) is 11.9 Å². The molecule has 0 aliphatic rings. The Bertz CT molecular complexity index is 216. The van der Waals surface area contributed by atoms with Crippen LogP contribution in [0.3, 0.4) is 0 Å². The van der Waals surface area contributed by atoms with Crippen molar-refractivity contribution in [2.24, 2.45) is 5.73 Å². The Balaban J connectivity index is 2.36. The fraction of sp³-hybridized carbons (Fsp3) is 0.556. The lowest BCUT2D eigenvalue weighted by atomic mass is 10.1. The van der Waals surface area contributed by atoms with E-state index in [0.717, 1.165) is 5.76 Å². The van der Waals surface area contributed by atoms with Gasteiger partial charge in [-0.3, -0.25) is 0 Å². The van der Waals surface area contributed by atoms with E-state index in [1.54, 1.807) is 6.26 Å². The molecule has 0 amide bonds. The molecule has 0 saturated heterocycles. The van der Waals surface area contributed by atoms with E-state index in [9.17, 15) is 0 Å². The highest BCUT2D eigenvalue weighted by Crippen LogP contribution is 2.11. The number of hydrogen-bond acceptors (Lipinski definition) is 3. The van der Waals surface area contributed by atoms with Crippen LogP contribution in [0.25, 0.3) is 0 Å². The molecule has 0 aliphatic carbocycles. The van der Waals surface area contributed by atoms with E-state index in [-0.39, 0.29) is 5.60 Å². The summed E-state index contributed by atoms with van der Waals surface area (Å²) < 4.78 is 10.6. The molecule has 3 heteroatoms. The van der Waals surface area contributed by atoms with Crippen LogP contribution in [0.5, 0.6) is 0 Å². The molecule has 0 atom stereocenters. The van der Waals surface area contributed by atoms with Crippen molar-refractivity contribution in [3.63, 3.8) is 0 Å². The number of rotatable bonds is 4. The third kappa shape index (κ3) is 2.68. The van der Waals surface area contributed by atoms with Gasteiger partial charge in [0, 0.05) is 6.54 Å². The average Bonchev–Trinajstić information content (AvgIpc) is 2.53. The van der Waals surface area contributed by atoms with Crippen LogP contribution >= 0.6 is 0 Å². The van der Waals surface area contributed by atoms with E-state index >= 15 is 0 Å². The van der Waals surface area contributed by atoms with Crippen LogP contribution in [0.1, 0.15) is 19.6 Å². The van der Waals surface area contributed by atoms with Crippen LogP contribution in [0.15, 0.2) is 22.8 Å². The van der Waals surface area contributed by atoms with E-state index in [1.807, 2.05) is 26.0 Å². The van der Waals surface area contributed by atoms with Crippen molar-refractivity contribution in [1.82, 2.24) is 0 Å². The molecule has 0 saturated carbocycles. The largest absolute Gasteiger partial charge is 0.467 e. The minimum Gasteiger partial charge on any atom is -0.467 e. The van der Waals surface area contributed by atoms with E-state index in [4.69, 9.17) is 14.9 Å². The van der Waals surface area contributed by atoms with Gasteiger partial charge in [0.25, 0.3) is 0 Å². The van der Waals surface area contributed by atoms with Crippen molar-refractivity contribution in [3.05, 3.63) is 24.2 Å². The third-order valence-electron chi connectivity index (χ3n) is 1.68. The zero-order valence-electron chi connectivity index (χ0n) is 7.54. The molecule has 68 valence electrons. The Hall–Kier alpha value is -0.800. The summed E-state index contributed by atoms with van der Waals surface area (Å²) in [4.78, 5) is 0. The first kappa shape index (κ1) is 9.29. The van der Waals surface area contributed by atoms with Crippen LogP contribution in [0.2, 0.25) is 0 Å². The summed E-state index contributed by atoms with van der Waals surface area (Å²) in [6.07, 6.45) is 1.63. The number of furan rings is 1. The van der Waals surface area contributed by atoms with Crippen molar-refractivity contribution in [3.8, 4) is 0 Å². The van der Waals surface area contributed by atoms with Crippen LogP contribution < -0.4 is 5.73 Å². The van der Waals surface area contributed by atoms with Gasteiger partial charge in [0.15, 0.2) is 0 Å². The minimum absolute atomic E-state index is 0.271. The van der Waals surface area contributed by atoms with Crippen molar-refractivity contribution in [1.29, 1.82) is 0 Å². The van der Waals surface area contributed by atoms with Crippen molar-refractivity contribution in [2.45, 2.75) is 26.1 Å². The van der Waals surface area contributed by atoms with Gasteiger partial charge in [-0.05, 0) is 26.0 Å². The smallest absolute Gasteiger partial charge is 0.129 e. The zero-order chi connectivity index (χ0) is 9.03. The highest BCUT2D eigenvalue weighted by molar-refractivity contribution is 4.96. The van der Waals surface area contributed by atoms with Gasteiger partial charge in [0.2, 0.25) is 0 Å². The molecule has 0 fully saturated rings. The molecule has 0 aliphatic heterocycles. The molecular formula is C9H15NO2. The molecule has 0 bridgehead atoms. The first-order valence-electron chi connectivity index (χ1n) is 4.00. The predicted molar refractivity (Wildman–Crippen MR) is 46.6 cm³/mol. The lowest BCUT2D eigenvalue weighted by Crippen LogP contribution is -2.33. The SMILES string of the molecule is CC(C)(CN)OCc1ccco1. The fourth-order valence-electron chi connectivity index (χ4n) is 0.720. The molecule has 2 N–H and O–H groups in total. The highest BCUT2D eigenvalue weighted by atomic mass is 16.5. The summed E-state index contributed by atoms with van der Waals surface area (Å²) in [5.41, 5.74) is 5.22. The number of hydrogen-bond donors (Lipinski definition) is 1. The third-order valence-corrected chi connectivity index (χ3v) is 1.68. The van der Waals surface area contributed by atoms with E-state index < -0.39 is 0 Å². The summed E-state index contributed by atoms with van der Waals surface area (Å²) in [5, 5.41) is 0. The minimum atomic E-state index is -0.271. The van der Waals surface area contributed by atoms with Crippen LogP contribution in [-0.4, -0.2) is 12.1 Å². The van der Waals surface area contributed by atoms with Gasteiger partial charge in [-0.25, -0.2) is 0 Å². The second-order valence-electron chi connectivity index (χ2n) is 3.33. The van der Waals surface area contributed by atoms with E-state index in [1.165, 1.54) is 0 Å². The maximum absolute atomic E-state index is 5.50. The van der Waals surface area contributed by atoms with E-state index in [0.29, 0.717) is 13.2 Å². The summed E-state index contributed by atoms with van der Waals surface area (Å²) in [5.74, 6) is 0.830. The molecule has 1 aromatic rings. The molecule has 0 aromatic carbocycles. The molecule has 0 unspecified atom stereocenters. The average molecular weight is 169 g/mol. The molecule has 0 radical (unpaired) electrons. The van der Waals surface area contributed by atoms with Crippen molar-refractivity contribution < 1.29 is 9.15 Å². The maximum Gasteiger partial charge on any atom is 0.129 e. The van der Waals surface area contributed by atoms with Crippen LogP contribution in [0, 0.1) is 0 Å². The maximum atomic E-state index is 5.50. The molecule has 1 aromatic heterocycles. The summed E-state index contributed by atoms with van der Waals surface area (Å²) in [6.45, 7) is 4.90. The Morgan fingerprint density at radius 2 is 2.33 bits per heavy atom. The predicted octanol–water partition coefficient (Wildman–Crippen LogP) is 1.53. The van der Waals surface area contributed by atoms with Gasteiger partial charge in [-0.15, -0.1) is 0 Å². The zero-order valence-corrected chi connectivity index (χ0v) is 7.54. The first-order valence-corrected chi connectivity index (χ1v) is 4.00. The Morgan fingerprint density at radius 1 is 1.58 bits per heavy atom. The van der Waals surface area contributed by atoms with Gasteiger partial charge >= 0.3 is 0 Å². The van der Waals surface area contributed by atoms with Gasteiger partial charge in [0.1, 0.15) is 12.4 Å². The topological polar surface area (TPSA) is 48.4 Å². The Labute approximate surface area is 72.5 Å². The molecule has 0 spiro atoms. The highest BCUT2D eigenvalue weighted by Gasteiger charge is 2.15. The number of nitrogens with two attached hydrogens (primary N) is 1. The van der Waals surface area contributed by atoms with Gasteiger partial charge in [-0.1, -0.05) is 0 Å². The molecule has 12 heavy (non-hydrogen) atoms. The molecular weight excluding hydrogens is 154 g/mol. The first-order chi connectivity index (χ1) is 5.64. The lowest BCUT2D eigenvalue weighted by molar-refractivity contribution is -0.0292. The normalized spacial score (nSPS) is 11.9. The molecule has 1 heterocycles. The molecule has 3 nitrogen and oxygen atoms in total. The fourth-order valence-corrected chi connectivity index (χ4v) is 0.720. The van der Waals surface area contributed by atoms with Crippen molar-refractivity contribution >= 4 is 0 Å². The van der Waals surface area contributed by atoms with Crippen LogP contribution in [-0.2, 0) is 11.3 Å². The Morgan fingerprint density at radius 3 is 2.83 bits per heavy atom. The van der Waals surface area contributed by atoms with E-state index in [2.05, 4.69) is 0 Å². The summed E-state index contributed by atoms with van der Waals surface area (Å²) in [6, 6.07) is 3.72. The summed E-state index contributed by atoms with van der Waals surface area (Å²) in [7, 11) is 0. The quantitative estimate of drug-likeness (QED) is 0.743. The standard InChI is InChI=1S/C9H15NO2/c1-9(2,7-10)12-6-8-4-3-5-11-8/h3-5H,6-7,10H2,1-2H3. The van der Waals surface area contributed by atoms with Crippen LogP contribution in [0.4, 0.5) is 0 Å².